The van der Waals surface area contributed by atoms with Crippen molar-refractivity contribution in [3.63, 3.8) is 0 Å². The molecule has 3 rings (SSSR count). The highest BCUT2D eigenvalue weighted by atomic mass is 19.1. The van der Waals surface area contributed by atoms with Crippen LogP contribution in [0.4, 0.5) is 4.39 Å². The van der Waals surface area contributed by atoms with Crippen LogP contribution in [0.25, 0.3) is 0 Å². The second-order valence-corrected chi connectivity index (χ2v) is 5.78. The highest BCUT2D eigenvalue weighted by Gasteiger charge is 2.31. The summed E-state index contributed by atoms with van der Waals surface area (Å²) < 4.78 is 13.1. The van der Waals surface area contributed by atoms with Crippen LogP contribution in [0.2, 0.25) is 0 Å². The Morgan fingerprint density at radius 1 is 1.20 bits per heavy atom. The van der Waals surface area contributed by atoms with Crippen LogP contribution in [-0.2, 0) is 11.2 Å². The largest absolute Gasteiger partial charge is 0.340 e. The molecule has 108 valence electrons. The minimum absolute atomic E-state index is 0.199. The Kier molecular flexibility index (Phi) is 4.01. The van der Waals surface area contributed by atoms with Crippen molar-refractivity contribution < 1.29 is 9.18 Å². The number of carbonyl (C=O) groups excluding carboxylic acids is 1. The van der Waals surface area contributed by atoms with Crippen LogP contribution in [-0.4, -0.2) is 47.9 Å². The molecule has 0 unspecified atom stereocenters. The average Bonchev–Trinajstić information content (AvgIpc) is 3.30. The van der Waals surface area contributed by atoms with Crippen LogP contribution in [0.3, 0.4) is 0 Å². The van der Waals surface area contributed by atoms with Gasteiger partial charge < -0.3 is 4.90 Å². The Hall–Kier alpha value is -1.42. The Bertz CT molecular complexity index is 479. The number of nitrogens with zero attached hydrogens (tertiary/aromatic N) is 2. The van der Waals surface area contributed by atoms with Crippen molar-refractivity contribution >= 4 is 5.91 Å². The van der Waals surface area contributed by atoms with Crippen LogP contribution >= 0.6 is 0 Å². The van der Waals surface area contributed by atoms with Crippen molar-refractivity contribution in [2.75, 3.05) is 26.2 Å². The number of halogens is 1. The molecule has 0 aromatic heterocycles. The van der Waals surface area contributed by atoms with Crippen molar-refractivity contribution in [3.8, 4) is 0 Å². The maximum absolute atomic E-state index is 13.1. The minimum atomic E-state index is -0.229. The van der Waals surface area contributed by atoms with Crippen molar-refractivity contribution in [2.24, 2.45) is 0 Å². The van der Waals surface area contributed by atoms with E-state index in [1.165, 1.54) is 25.0 Å². The maximum Gasteiger partial charge on any atom is 0.222 e. The molecule has 0 atom stereocenters. The van der Waals surface area contributed by atoms with Gasteiger partial charge in [0, 0.05) is 38.6 Å². The van der Waals surface area contributed by atoms with Crippen LogP contribution in [0.5, 0.6) is 0 Å². The van der Waals surface area contributed by atoms with Crippen LogP contribution < -0.4 is 0 Å². The number of carbonyl (C=O) groups is 1. The topological polar surface area (TPSA) is 23.6 Å². The van der Waals surface area contributed by atoms with Crippen LogP contribution in [0.15, 0.2) is 24.3 Å². The van der Waals surface area contributed by atoms with E-state index < -0.39 is 0 Å². The SMILES string of the molecule is O=C(CCc1cccc(F)c1)N1CCN(C2CC2)CC1. The third kappa shape index (κ3) is 3.37. The third-order valence-corrected chi connectivity index (χ3v) is 4.25. The zero-order chi connectivity index (χ0) is 13.9. The number of rotatable bonds is 4. The molecule has 0 N–H and O–H groups in total. The number of aryl methyl sites for hydroxylation is 1. The Labute approximate surface area is 119 Å². The number of piperazine rings is 1. The van der Waals surface area contributed by atoms with Gasteiger partial charge in [-0.15, -0.1) is 0 Å². The first-order valence-electron chi connectivity index (χ1n) is 7.48. The van der Waals surface area contributed by atoms with Gasteiger partial charge in [-0.25, -0.2) is 4.39 Å². The Morgan fingerprint density at radius 3 is 2.60 bits per heavy atom. The highest BCUT2D eigenvalue weighted by molar-refractivity contribution is 5.76. The molecule has 1 aliphatic carbocycles. The lowest BCUT2D eigenvalue weighted by Crippen LogP contribution is -2.49. The van der Waals surface area contributed by atoms with Gasteiger partial charge >= 0.3 is 0 Å². The highest BCUT2D eigenvalue weighted by Crippen LogP contribution is 2.27. The minimum Gasteiger partial charge on any atom is -0.340 e. The summed E-state index contributed by atoms with van der Waals surface area (Å²) in [6, 6.07) is 7.31. The molecule has 1 saturated heterocycles. The van der Waals surface area contributed by atoms with Crippen molar-refractivity contribution in [1.29, 1.82) is 0 Å². The van der Waals surface area contributed by atoms with Crippen molar-refractivity contribution in [2.45, 2.75) is 31.7 Å². The number of hydrogen-bond donors (Lipinski definition) is 0. The van der Waals surface area contributed by atoms with E-state index in [0.717, 1.165) is 37.8 Å². The van der Waals surface area contributed by atoms with E-state index in [1.807, 2.05) is 11.0 Å². The molecule has 0 bridgehead atoms. The molecular formula is C16H21FN2O. The normalized spacial score (nSPS) is 20.1. The van der Waals surface area contributed by atoms with E-state index in [2.05, 4.69) is 4.90 Å². The van der Waals surface area contributed by atoms with Gasteiger partial charge in [-0.3, -0.25) is 9.69 Å². The van der Waals surface area contributed by atoms with Gasteiger partial charge in [-0.2, -0.15) is 0 Å². The van der Waals surface area contributed by atoms with E-state index in [4.69, 9.17) is 0 Å². The summed E-state index contributed by atoms with van der Waals surface area (Å²) >= 11 is 0. The molecule has 1 amide bonds. The fourth-order valence-corrected chi connectivity index (χ4v) is 2.88. The summed E-state index contributed by atoms with van der Waals surface area (Å²) in [6.07, 6.45) is 3.76. The molecular weight excluding hydrogens is 255 g/mol. The monoisotopic (exact) mass is 276 g/mol. The third-order valence-electron chi connectivity index (χ3n) is 4.25. The molecule has 1 aromatic carbocycles. The van der Waals surface area contributed by atoms with Gasteiger partial charge in [0.25, 0.3) is 0 Å². The molecule has 4 heteroatoms. The zero-order valence-electron chi connectivity index (χ0n) is 11.7. The summed E-state index contributed by atoms with van der Waals surface area (Å²) in [5, 5.41) is 0. The summed E-state index contributed by atoms with van der Waals surface area (Å²) in [6.45, 7) is 3.71. The number of amides is 1. The number of benzene rings is 1. The van der Waals surface area contributed by atoms with Gasteiger partial charge in [0.2, 0.25) is 5.91 Å². The summed E-state index contributed by atoms with van der Waals surface area (Å²) in [4.78, 5) is 16.6. The molecule has 2 aliphatic rings. The van der Waals surface area contributed by atoms with E-state index >= 15 is 0 Å². The van der Waals surface area contributed by atoms with Gasteiger partial charge in [0.05, 0.1) is 0 Å². The van der Waals surface area contributed by atoms with Crippen molar-refractivity contribution in [1.82, 2.24) is 9.80 Å². The van der Waals surface area contributed by atoms with E-state index in [1.54, 1.807) is 6.07 Å². The first-order valence-corrected chi connectivity index (χ1v) is 7.48. The lowest BCUT2D eigenvalue weighted by molar-refractivity contribution is -0.133. The molecule has 3 nitrogen and oxygen atoms in total. The summed E-state index contributed by atoms with van der Waals surface area (Å²) in [5.41, 5.74) is 0.898. The van der Waals surface area contributed by atoms with E-state index in [0.29, 0.717) is 12.8 Å². The standard InChI is InChI=1S/C16H21FN2O/c17-14-3-1-2-13(12-14)4-7-16(20)19-10-8-18(9-11-19)15-5-6-15/h1-3,12,15H,4-11H2. The predicted molar refractivity (Wildman–Crippen MR) is 75.9 cm³/mol. The fraction of sp³-hybridized carbons (Fsp3) is 0.562. The first-order chi connectivity index (χ1) is 9.72. The van der Waals surface area contributed by atoms with Crippen molar-refractivity contribution in [3.05, 3.63) is 35.6 Å². The zero-order valence-corrected chi connectivity index (χ0v) is 11.7. The Morgan fingerprint density at radius 2 is 1.95 bits per heavy atom. The van der Waals surface area contributed by atoms with Crippen LogP contribution in [0.1, 0.15) is 24.8 Å². The number of hydrogen-bond acceptors (Lipinski definition) is 2. The molecule has 1 saturated carbocycles. The molecule has 1 heterocycles. The first kappa shape index (κ1) is 13.6. The van der Waals surface area contributed by atoms with Gasteiger partial charge in [0.1, 0.15) is 5.82 Å². The summed E-state index contributed by atoms with van der Waals surface area (Å²) in [5.74, 6) is -0.0299. The fourth-order valence-electron chi connectivity index (χ4n) is 2.88. The second-order valence-electron chi connectivity index (χ2n) is 5.78. The maximum atomic E-state index is 13.1. The van der Waals surface area contributed by atoms with Gasteiger partial charge in [-0.1, -0.05) is 12.1 Å². The predicted octanol–water partition coefficient (Wildman–Crippen LogP) is 2.06. The van der Waals surface area contributed by atoms with Gasteiger partial charge in [0.15, 0.2) is 0 Å². The summed E-state index contributed by atoms with van der Waals surface area (Å²) in [7, 11) is 0. The quantitative estimate of drug-likeness (QED) is 0.840. The van der Waals surface area contributed by atoms with E-state index in [9.17, 15) is 9.18 Å². The molecule has 2 fully saturated rings. The molecule has 0 radical (unpaired) electrons. The molecule has 1 aliphatic heterocycles. The smallest absolute Gasteiger partial charge is 0.222 e. The average molecular weight is 276 g/mol. The lowest BCUT2D eigenvalue weighted by atomic mass is 10.1. The second kappa shape index (κ2) is 5.92. The lowest BCUT2D eigenvalue weighted by Gasteiger charge is -2.34. The molecule has 20 heavy (non-hydrogen) atoms. The molecule has 1 aromatic rings. The van der Waals surface area contributed by atoms with E-state index in [-0.39, 0.29) is 11.7 Å². The molecule has 0 spiro atoms. The van der Waals surface area contributed by atoms with Gasteiger partial charge in [-0.05, 0) is 37.0 Å². The Balaban J connectivity index is 1.45. The van der Waals surface area contributed by atoms with Crippen LogP contribution in [0, 0.1) is 5.82 Å².